The van der Waals surface area contributed by atoms with Crippen molar-refractivity contribution in [2.24, 2.45) is 0 Å². The first-order valence-corrected chi connectivity index (χ1v) is 6.58. The van der Waals surface area contributed by atoms with Crippen molar-refractivity contribution >= 4 is 23.0 Å². The van der Waals surface area contributed by atoms with Crippen LogP contribution in [0.25, 0.3) is 0 Å². The summed E-state index contributed by atoms with van der Waals surface area (Å²) in [6.45, 7) is 0. The van der Waals surface area contributed by atoms with Gasteiger partial charge in [-0.05, 0) is 37.2 Å². The minimum Gasteiger partial charge on any atom is -0.360 e. The summed E-state index contributed by atoms with van der Waals surface area (Å²) in [5.41, 5.74) is 0.334. The van der Waals surface area contributed by atoms with Gasteiger partial charge in [-0.2, -0.15) is 0 Å². The molecule has 5 heteroatoms. The number of thiocarbonyl (C=S) groups is 1. The Kier molecular flexibility index (Phi) is 4.47. The Hall–Kier alpha value is -1.23. The molecule has 2 rings (SSSR count). The Bertz CT molecular complexity index is 411. The van der Waals surface area contributed by atoms with Crippen molar-refractivity contribution in [3.8, 4) is 0 Å². The molecule has 0 amide bonds. The summed E-state index contributed by atoms with van der Waals surface area (Å²) < 4.78 is 26.0. The quantitative estimate of drug-likeness (QED) is 0.803. The van der Waals surface area contributed by atoms with Crippen molar-refractivity contribution in [2.45, 2.75) is 38.1 Å². The number of rotatable bonds is 2. The minimum absolute atomic E-state index is 0.334. The number of anilines is 1. The van der Waals surface area contributed by atoms with Crippen LogP contribution in [0.4, 0.5) is 14.5 Å². The number of hydrogen-bond donors (Lipinski definition) is 2. The molecule has 1 aromatic rings. The van der Waals surface area contributed by atoms with E-state index in [1.165, 1.54) is 31.4 Å². The summed E-state index contributed by atoms with van der Waals surface area (Å²) in [4.78, 5) is 0. The van der Waals surface area contributed by atoms with Gasteiger partial charge in [0.1, 0.15) is 11.6 Å². The normalized spacial score (nSPS) is 16.3. The van der Waals surface area contributed by atoms with Gasteiger partial charge in [-0.25, -0.2) is 8.78 Å². The summed E-state index contributed by atoms with van der Waals surface area (Å²) in [5, 5.41) is 6.42. The van der Waals surface area contributed by atoms with E-state index >= 15 is 0 Å². The summed E-state index contributed by atoms with van der Waals surface area (Å²) >= 11 is 5.14. The van der Waals surface area contributed by atoms with Crippen molar-refractivity contribution in [1.82, 2.24) is 5.32 Å². The van der Waals surface area contributed by atoms with Crippen LogP contribution in [0.15, 0.2) is 18.2 Å². The maximum absolute atomic E-state index is 13.0. The first-order chi connectivity index (χ1) is 8.63. The highest BCUT2D eigenvalue weighted by molar-refractivity contribution is 7.80. The van der Waals surface area contributed by atoms with E-state index in [0.717, 1.165) is 18.9 Å². The highest BCUT2D eigenvalue weighted by Gasteiger charge is 2.14. The van der Waals surface area contributed by atoms with Crippen LogP contribution < -0.4 is 10.6 Å². The molecule has 1 fully saturated rings. The van der Waals surface area contributed by atoms with Crippen LogP contribution in [0.3, 0.4) is 0 Å². The van der Waals surface area contributed by atoms with Gasteiger partial charge in [0, 0.05) is 17.8 Å². The molecule has 0 spiro atoms. The molecule has 1 aliphatic rings. The number of benzene rings is 1. The first-order valence-electron chi connectivity index (χ1n) is 6.17. The van der Waals surface area contributed by atoms with Gasteiger partial charge in [-0.3, -0.25) is 0 Å². The lowest BCUT2D eigenvalue weighted by Crippen LogP contribution is -2.38. The van der Waals surface area contributed by atoms with Crippen molar-refractivity contribution in [2.75, 3.05) is 5.32 Å². The fraction of sp³-hybridized carbons (Fsp3) is 0.462. The average molecular weight is 270 g/mol. The molecule has 0 saturated heterocycles. The van der Waals surface area contributed by atoms with Crippen LogP contribution in [0.1, 0.15) is 32.1 Å². The Morgan fingerprint density at radius 1 is 1.06 bits per heavy atom. The summed E-state index contributed by atoms with van der Waals surface area (Å²) in [6, 6.07) is 3.65. The SMILES string of the molecule is Fc1cc(F)cc(NC(=S)NC2CCCCC2)c1. The number of nitrogens with one attached hydrogen (secondary N) is 2. The van der Waals surface area contributed by atoms with Gasteiger partial charge in [0.15, 0.2) is 5.11 Å². The summed E-state index contributed by atoms with van der Waals surface area (Å²) in [7, 11) is 0. The second-order valence-electron chi connectivity index (χ2n) is 4.59. The van der Waals surface area contributed by atoms with Crippen molar-refractivity contribution in [1.29, 1.82) is 0 Å². The van der Waals surface area contributed by atoms with Gasteiger partial charge in [-0.15, -0.1) is 0 Å². The molecule has 0 unspecified atom stereocenters. The standard InChI is InChI=1S/C13H16F2N2S/c14-9-6-10(15)8-12(7-9)17-13(18)16-11-4-2-1-3-5-11/h6-8,11H,1-5H2,(H2,16,17,18). The third kappa shape index (κ3) is 3.91. The van der Waals surface area contributed by atoms with E-state index < -0.39 is 11.6 Å². The molecule has 0 radical (unpaired) electrons. The lowest BCUT2D eigenvalue weighted by Gasteiger charge is -2.24. The zero-order valence-electron chi connectivity index (χ0n) is 10.0. The van der Waals surface area contributed by atoms with E-state index in [0.29, 0.717) is 16.8 Å². The Morgan fingerprint density at radius 2 is 1.67 bits per heavy atom. The van der Waals surface area contributed by atoms with Crippen LogP contribution >= 0.6 is 12.2 Å². The fourth-order valence-corrected chi connectivity index (χ4v) is 2.51. The molecule has 98 valence electrons. The Balaban J connectivity index is 1.89. The van der Waals surface area contributed by atoms with Gasteiger partial charge in [-0.1, -0.05) is 19.3 Å². The largest absolute Gasteiger partial charge is 0.360 e. The molecule has 1 aliphatic carbocycles. The monoisotopic (exact) mass is 270 g/mol. The van der Waals surface area contributed by atoms with Crippen molar-refractivity contribution in [3.05, 3.63) is 29.8 Å². The predicted octanol–water partition coefficient (Wildman–Crippen LogP) is 3.58. The highest BCUT2D eigenvalue weighted by Crippen LogP contribution is 2.18. The van der Waals surface area contributed by atoms with Gasteiger partial charge in [0.25, 0.3) is 0 Å². The molecule has 0 atom stereocenters. The molecule has 18 heavy (non-hydrogen) atoms. The van der Waals surface area contributed by atoms with E-state index in [-0.39, 0.29) is 0 Å². The van der Waals surface area contributed by atoms with Crippen molar-refractivity contribution in [3.63, 3.8) is 0 Å². The predicted molar refractivity (Wildman–Crippen MR) is 72.6 cm³/mol. The Morgan fingerprint density at radius 3 is 2.28 bits per heavy atom. The lowest BCUT2D eigenvalue weighted by atomic mass is 9.96. The molecule has 1 saturated carbocycles. The second kappa shape index (κ2) is 6.09. The van der Waals surface area contributed by atoms with E-state index in [1.54, 1.807) is 0 Å². The topological polar surface area (TPSA) is 24.1 Å². The van der Waals surface area contributed by atoms with Crippen LogP contribution in [0.5, 0.6) is 0 Å². The van der Waals surface area contributed by atoms with E-state index in [9.17, 15) is 8.78 Å². The zero-order chi connectivity index (χ0) is 13.0. The minimum atomic E-state index is -0.613. The van der Waals surface area contributed by atoms with Crippen LogP contribution in [0.2, 0.25) is 0 Å². The van der Waals surface area contributed by atoms with E-state index in [4.69, 9.17) is 12.2 Å². The number of halogens is 2. The van der Waals surface area contributed by atoms with Gasteiger partial charge in [0.2, 0.25) is 0 Å². The van der Waals surface area contributed by atoms with Gasteiger partial charge >= 0.3 is 0 Å². The molecule has 2 N–H and O–H groups in total. The second-order valence-corrected chi connectivity index (χ2v) is 5.00. The maximum Gasteiger partial charge on any atom is 0.170 e. The molecular weight excluding hydrogens is 254 g/mol. The van der Waals surface area contributed by atoms with E-state index in [2.05, 4.69) is 10.6 Å². The molecule has 0 bridgehead atoms. The van der Waals surface area contributed by atoms with Gasteiger partial charge in [0.05, 0.1) is 0 Å². The van der Waals surface area contributed by atoms with Crippen molar-refractivity contribution < 1.29 is 8.78 Å². The molecule has 0 aromatic heterocycles. The zero-order valence-corrected chi connectivity index (χ0v) is 10.8. The molecule has 0 heterocycles. The average Bonchev–Trinajstić information content (AvgIpc) is 2.28. The van der Waals surface area contributed by atoms with E-state index in [1.807, 2.05) is 0 Å². The third-order valence-corrected chi connectivity index (χ3v) is 3.28. The van der Waals surface area contributed by atoms with Crippen LogP contribution in [0, 0.1) is 11.6 Å². The summed E-state index contributed by atoms with van der Waals surface area (Å²) in [5.74, 6) is -1.23. The smallest absolute Gasteiger partial charge is 0.170 e. The Labute approximate surface area is 111 Å². The molecule has 0 aliphatic heterocycles. The maximum atomic E-state index is 13.0. The number of hydrogen-bond acceptors (Lipinski definition) is 1. The van der Waals surface area contributed by atoms with Crippen LogP contribution in [-0.4, -0.2) is 11.2 Å². The van der Waals surface area contributed by atoms with Gasteiger partial charge < -0.3 is 10.6 Å². The molecule has 1 aromatic carbocycles. The first kappa shape index (κ1) is 13.2. The molecule has 2 nitrogen and oxygen atoms in total. The summed E-state index contributed by atoms with van der Waals surface area (Å²) in [6.07, 6.45) is 5.87. The fourth-order valence-electron chi connectivity index (χ4n) is 2.23. The molecular formula is C13H16F2N2S. The highest BCUT2D eigenvalue weighted by atomic mass is 32.1. The third-order valence-electron chi connectivity index (χ3n) is 3.06. The lowest BCUT2D eigenvalue weighted by molar-refractivity contribution is 0.415. The van der Waals surface area contributed by atoms with Crippen LogP contribution in [-0.2, 0) is 0 Å².